The van der Waals surface area contributed by atoms with E-state index >= 15 is 0 Å². The SMILES string of the molecule is NC(=O)C1CCCc2c(-c3cccc(Cl)c3)n[nH]c21. The Kier molecular flexibility index (Phi) is 3.03. The number of nitrogens with one attached hydrogen (secondary N) is 1. The van der Waals surface area contributed by atoms with Crippen LogP contribution in [0.25, 0.3) is 11.3 Å². The van der Waals surface area contributed by atoms with E-state index in [2.05, 4.69) is 10.2 Å². The minimum absolute atomic E-state index is 0.246. The quantitative estimate of drug-likeness (QED) is 0.884. The van der Waals surface area contributed by atoms with Crippen molar-refractivity contribution in [2.24, 2.45) is 5.73 Å². The monoisotopic (exact) mass is 275 g/mol. The molecule has 5 heteroatoms. The Hall–Kier alpha value is -1.81. The number of hydrogen-bond donors (Lipinski definition) is 2. The molecule has 0 saturated heterocycles. The van der Waals surface area contributed by atoms with Gasteiger partial charge in [0.2, 0.25) is 5.91 Å². The third kappa shape index (κ3) is 2.12. The van der Waals surface area contributed by atoms with Crippen molar-refractivity contribution in [2.75, 3.05) is 0 Å². The van der Waals surface area contributed by atoms with Crippen LogP contribution in [0.2, 0.25) is 5.02 Å². The number of H-pyrrole nitrogens is 1. The Morgan fingerprint density at radius 1 is 1.47 bits per heavy atom. The van der Waals surface area contributed by atoms with Gasteiger partial charge < -0.3 is 5.73 Å². The van der Waals surface area contributed by atoms with Crippen LogP contribution in [0.1, 0.15) is 30.0 Å². The Morgan fingerprint density at radius 2 is 2.32 bits per heavy atom. The van der Waals surface area contributed by atoms with Crippen molar-refractivity contribution in [2.45, 2.75) is 25.2 Å². The summed E-state index contributed by atoms with van der Waals surface area (Å²) in [5, 5.41) is 8.01. The fourth-order valence-corrected chi connectivity index (χ4v) is 2.90. The highest BCUT2D eigenvalue weighted by atomic mass is 35.5. The maximum atomic E-state index is 11.5. The minimum Gasteiger partial charge on any atom is -0.369 e. The smallest absolute Gasteiger partial charge is 0.226 e. The van der Waals surface area contributed by atoms with Crippen LogP contribution in [0.3, 0.4) is 0 Å². The zero-order chi connectivity index (χ0) is 13.4. The lowest BCUT2D eigenvalue weighted by Gasteiger charge is -2.19. The number of aromatic nitrogens is 2. The fraction of sp³-hybridized carbons (Fsp3) is 0.286. The number of nitrogens with two attached hydrogens (primary N) is 1. The predicted molar refractivity (Wildman–Crippen MR) is 73.9 cm³/mol. The summed E-state index contributed by atoms with van der Waals surface area (Å²) in [6.45, 7) is 0. The van der Waals surface area contributed by atoms with Gasteiger partial charge in [0.05, 0.1) is 17.3 Å². The van der Waals surface area contributed by atoms with Crippen LogP contribution in [-0.2, 0) is 11.2 Å². The third-order valence-corrected chi connectivity index (χ3v) is 3.84. The maximum Gasteiger partial charge on any atom is 0.226 e. The number of amides is 1. The molecule has 1 unspecified atom stereocenters. The standard InChI is InChI=1S/C14H14ClN3O/c15-9-4-1-3-8(7-9)12-10-5-2-6-11(14(16)19)13(10)18-17-12/h1,3-4,7,11H,2,5-6H2,(H2,16,19)(H,17,18). The molecule has 98 valence electrons. The highest BCUT2D eigenvalue weighted by Gasteiger charge is 2.29. The van der Waals surface area contributed by atoms with Crippen molar-refractivity contribution in [3.05, 3.63) is 40.5 Å². The molecule has 4 nitrogen and oxygen atoms in total. The second-order valence-electron chi connectivity index (χ2n) is 4.82. The molecular formula is C14H14ClN3O. The van der Waals surface area contributed by atoms with Crippen LogP contribution in [0.15, 0.2) is 24.3 Å². The molecule has 0 bridgehead atoms. The number of hydrogen-bond acceptors (Lipinski definition) is 2. The molecular weight excluding hydrogens is 262 g/mol. The van der Waals surface area contributed by atoms with Crippen LogP contribution >= 0.6 is 11.6 Å². The molecule has 1 amide bonds. The molecule has 3 N–H and O–H groups in total. The highest BCUT2D eigenvalue weighted by molar-refractivity contribution is 6.30. The lowest BCUT2D eigenvalue weighted by Crippen LogP contribution is -2.25. The lowest BCUT2D eigenvalue weighted by molar-refractivity contribution is -0.119. The van der Waals surface area contributed by atoms with Crippen LogP contribution in [-0.4, -0.2) is 16.1 Å². The molecule has 0 aliphatic heterocycles. The molecule has 1 aliphatic carbocycles. The van der Waals surface area contributed by atoms with Gasteiger partial charge in [-0.1, -0.05) is 23.7 Å². The highest BCUT2D eigenvalue weighted by Crippen LogP contribution is 2.36. The summed E-state index contributed by atoms with van der Waals surface area (Å²) < 4.78 is 0. The molecule has 0 spiro atoms. The predicted octanol–water partition coefficient (Wildman–Crippen LogP) is 2.64. The van der Waals surface area contributed by atoms with Crippen molar-refractivity contribution >= 4 is 17.5 Å². The first-order valence-electron chi connectivity index (χ1n) is 6.29. The molecule has 0 saturated carbocycles. The van der Waals surface area contributed by atoms with E-state index in [4.69, 9.17) is 17.3 Å². The van der Waals surface area contributed by atoms with Crippen LogP contribution in [0, 0.1) is 0 Å². The number of rotatable bonds is 2. The minimum atomic E-state index is -0.290. The number of benzene rings is 1. The molecule has 3 rings (SSSR count). The topological polar surface area (TPSA) is 71.8 Å². The maximum absolute atomic E-state index is 11.5. The number of carbonyl (C=O) groups excluding carboxylic acids is 1. The summed E-state index contributed by atoms with van der Waals surface area (Å²) in [6.07, 6.45) is 2.66. The lowest BCUT2D eigenvalue weighted by atomic mass is 9.85. The Labute approximate surface area is 116 Å². The summed E-state index contributed by atoms with van der Waals surface area (Å²) in [5.41, 5.74) is 9.26. The van der Waals surface area contributed by atoms with Gasteiger partial charge in [-0.25, -0.2) is 0 Å². The van der Waals surface area contributed by atoms with Gasteiger partial charge in [0.1, 0.15) is 0 Å². The molecule has 1 aromatic heterocycles. The third-order valence-electron chi connectivity index (χ3n) is 3.61. The average molecular weight is 276 g/mol. The fourth-order valence-electron chi connectivity index (χ4n) is 2.71. The van der Waals surface area contributed by atoms with Crippen LogP contribution in [0.5, 0.6) is 0 Å². The molecule has 1 atom stereocenters. The van der Waals surface area contributed by atoms with Gasteiger partial charge in [0.25, 0.3) is 0 Å². The van der Waals surface area contributed by atoms with E-state index in [0.29, 0.717) is 5.02 Å². The Balaban J connectivity index is 2.08. The zero-order valence-corrected chi connectivity index (χ0v) is 11.1. The van der Waals surface area contributed by atoms with Gasteiger partial charge in [-0.15, -0.1) is 0 Å². The number of halogens is 1. The van der Waals surface area contributed by atoms with E-state index in [1.54, 1.807) is 0 Å². The van der Waals surface area contributed by atoms with Gasteiger partial charge in [-0.3, -0.25) is 9.89 Å². The summed E-state index contributed by atoms with van der Waals surface area (Å²) in [4.78, 5) is 11.5. The van der Waals surface area contributed by atoms with E-state index in [9.17, 15) is 4.79 Å². The largest absolute Gasteiger partial charge is 0.369 e. The molecule has 1 aliphatic rings. The van der Waals surface area contributed by atoms with Gasteiger partial charge in [0, 0.05) is 16.1 Å². The van der Waals surface area contributed by atoms with Crippen LogP contribution < -0.4 is 5.73 Å². The van der Waals surface area contributed by atoms with E-state index in [1.807, 2.05) is 24.3 Å². The first-order chi connectivity index (χ1) is 9.16. The molecule has 1 aromatic carbocycles. The number of aromatic amines is 1. The normalized spacial score (nSPS) is 18.1. The average Bonchev–Trinajstić information content (AvgIpc) is 2.82. The molecule has 1 heterocycles. The first kappa shape index (κ1) is 12.2. The van der Waals surface area contributed by atoms with E-state index in [-0.39, 0.29) is 11.8 Å². The zero-order valence-electron chi connectivity index (χ0n) is 10.3. The van der Waals surface area contributed by atoms with Crippen molar-refractivity contribution in [3.8, 4) is 11.3 Å². The Morgan fingerprint density at radius 3 is 3.05 bits per heavy atom. The van der Waals surface area contributed by atoms with Gasteiger partial charge in [-0.2, -0.15) is 5.10 Å². The number of carbonyl (C=O) groups is 1. The Bertz CT molecular complexity index is 635. The van der Waals surface area contributed by atoms with Crippen LogP contribution in [0.4, 0.5) is 0 Å². The molecule has 2 aromatic rings. The molecule has 0 fully saturated rings. The molecule has 0 radical (unpaired) electrons. The van der Waals surface area contributed by atoms with Crippen molar-refractivity contribution in [1.82, 2.24) is 10.2 Å². The summed E-state index contributed by atoms with van der Waals surface area (Å²) in [5.74, 6) is -0.536. The van der Waals surface area contributed by atoms with Crippen molar-refractivity contribution in [1.29, 1.82) is 0 Å². The summed E-state index contributed by atoms with van der Waals surface area (Å²) in [6, 6.07) is 7.58. The second-order valence-corrected chi connectivity index (χ2v) is 5.26. The van der Waals surface area contributed by atoms with Gasteiger partial charge in [0.15, 0.2) is 0 Å². The second kappa shape index (κ2) is 4.70. The van der Waals surface area contributed by atoms with E-state index < -0.39 is 0 Å². The van der Waals surface area contributed by atoms with Crippen molar-refractivity contribution < 1.29 is 4.79 Å². The van der Waals surface area contributed by atoms with Crippen molar-refractivity contribution in [3.63, 3.8) is 0 Å². The van der Waals surface area contributed by atoms with Gasteiger partial charge in [-0.05, 0) is 31.4 Å². The first-order valence-corrected chi connectivity index (χ1v) is 6.67. The summed E-state index contributed by atoms with van der Waals surface area (Å²) >= 11 is 6.01. The molecule has 19 heavy (non-hydrogen) atoms. The number of nitrogens with zero attached hydrogens (tertiary/aromatic N) is 1. The van der Waals surface area contributed by atoms with Gasteiger partial charge >= 0.3 is 0 Å². The number of fused-ring (bicyclic) bond motifs is 1. The van der Waals surface area contributed by atoms with E-state index in [1.165, 1.54) is 0 Å². The number of primary amides is 1. The van der Waals surface area contributed by atoms with E-state index in [0.717, 1.165) is 41.8 Å². The summed E-state index contributed by atoms with van der Waals surface area (Å²) in [7, 11) is 0.